The van der Waals surface area contributed by atoms with Gasteiger partial charge in [-0.3, -0.25) is 0 Å². The van der Waals surface area contributed by atoms with E-state index >= 15 is 0 Å². The molecule has 16 aromatic rings. The predicted molar refractivity (Wildman–Crippen MR) is 432 cm³/mol. The number of hydrogen-bond donors (Lipinski definition) is 0. The first kappa shape index (κ1) is 43.7. The fraction of sp³-hybridized carbons (Fsp3) is 0.125. The monoisotopic (exact) mass is 1320 g/mol. The van der Waals surface area contributed by atoms with Gasteiger partial charge in [-0.15, -0.1) is 0 Å². The van der Waals surface area contributed by atoms with Crippen molar-refractivity contribution in [2.45, 2.75) is 78.6 Å². The second kappa shape index (κ2) is 23.5. The quantitative estimate of drug-likeness (QED) is 0.134. The molecule has 0 aliphatic carbocycles. The molecule has 0 saturated heterocycles. The van der Waals surface area contributed by atoms with Gasteiger partial charge in [-0.25, -0.2) is 0 Å². The van der Waals surface area contributed by atoms with Gasteiger partial charge in [0.2, 0.25) is 0 Å². The molecule has 0 unspecified atom stereocenters. The van der Waals surface area contributed by atoms with Gasteiger partial charge < -0.3 is 18.9 Å². The molecule has 101 heavy (non-hydrogen) atoms. The highest BCUT2D eigenvalue weighted by molar-refractivity contribution is 7.00. The van der Waals surface area contributed by atoms with Crippen LogP contribution in [-0.4, -0.2) is 15.8 Å². The summed E-state index contributed by atoms with van der Waals surface area (Å²) in [6.07, 6.45) is 0. The van der Waals surface area contributed by atoms with Crippen molar-refractivity contribution in [3.8, 4) is 67.0 Å². The number of nitrogens with zero attached hydrogens (tertiary/aromatic N) is 4. The summed E-state index contributed by atoms with van der Waals surface area (Å²) in [6.45, 7) is 17.8. The predicted octanol–water partition coefficient (Wildman–Crippen LogP) is 24.2. The molecule has 14 aromatic carbocycles. The lowest BCUT2D eigenvalue weighted by Gasteiger charge is -2.46. The Morgan fingerprint density at radius 2 is 0.584 bits per heavy atom. The number of hydrogen-bond acceptors (Lipinski definition) is 2. The molecule has 486 valence electrons. The highest BCUT2D eigenvalue weighted by Crippen LogP contribution is 2.56. The van der Waals surface area contributed by atoms with E-state index in [0.29, 0.717) is 56.0 Å². The van der Waals surface area contributed by atoms with Crippen molar-refractivity contribution < 1.29 is 27.4 Å². The SMILES string of the molecule is [2H]c1c(-n2c3c([2H])c([2H])c([2H])c([2H])c3c3c([2H])c([2H])c([2H])c([2H])c32)cc2c(c1[2H])B1c3c(cc(-c4ccc(C(C)(C)C)cc4)cc3N(c3c(-c4ccccc4)cc(C(C)(C)C)cc3-c3ccccc3)c3cc(-n4c5c([2H])c([2H])c([2H])c([2H])c5c5c([2H])c([2H])c([2H])c([2H])c54)c([2H])c([2H])c31)N2c1c(-c2ccccc2)cc(C(C)(C)C)cc1-c1ccccc1. The molecule has 2 aromatic heterocycles. The number of aromatic nitrogens is 2. The van der Waals surface area contributed by atoms with Gasteiger partial charge in [0.25, 0.3) is 6.71 Å². The third-order valence-electron chi connectivity index (χ3n) is 20.1. The highest BCUT2D eigenvalue weighted by atomic mass is 15.2. The number of para-hydroxylation sites is 4. The summed E-state index contributed by atoms with van der Waals surface area (Å²) < 4.78 is 200. The average molecular weight is 1320 g/mol. The van der Waals surface area contributed by atoms with E-state index in [-0.39, 0.29) is 82.7 Å². The Labute approximate surface area is 621 Å². The van der Waals surface area contributed by atoms with E-state index in [1.807, 2.05) is 121 Å². The van der Waals surface area contributed by atoms with Crippen LogP contribution in [0.4, 0.5) is 34.1 Å². The molecule has 0 atom stereocenters. The van der Waals surface area contributed by atoms with Gasteiger partial charge in [0, 0.05) is 77.9 Å². The number of anilines is 6. The lowest BCUT2D eigenvalue weighted by Crippen LogP contribution is -2.61. The third-order valence-corrected chi connectivity index (χ3v) is 20.1. The van der Waals surface area contributed by atoms with Crippen LogP contribution in [0.1, 0.15) is 106 Å². The summed E-state index contributed by atoms with van der Waals surface area (Å²) in [5.74, 6) is 0. The normalized spacial score (nSPS) is 15.7. The molecule has 0 spiro atoms. The topological polar surface area (TPSA) is 16.3 Å². The van der Waals surface area contributed by atoms with Crippen LogP contribution >= 0.6 is 0 Å². The molecule has 0 N–H and O–H groups in total. The van der Waals surface area contributed by atoms with Gasteiger partial charge in [-0.05, 0) is 167 Å². The number of benzene rings is 14. The van der Waals surface area contributed by atoms with E-state index in [4.69, 9.17) is 5.48 Å². The minimum atomic E-state index is -1.42. The maximum atomic E-state index is 11.5. The Balaban J connectivity index is 1.13. The van der Waals surface area contributed by atoms with E-state index in [2.05, 4.69) is 133 Å². The fourth-order valence-corrected chi connectivity index (χ4v) is 15.0. The largest absolute Gasteiger partial charge is 0.310 e. The molecule has 2 aliphatic heterocycles. The first-order valence-electron chi connectivity index (χ1n) is 44.1. The molecule has 0 saturated carbocycles. The van der Waals surface area contributed by atoms with Crippen molar-refractivity contribution in [2.24, 2.45) is 0 Å². The molecular formula is C96H79BN4. The van der Waals surface area contributed by atoms with E-state index in [0.717, 1.165) is 44.5 Å². The number of rotatable bonds is 9. The Morgan fingerprint density at radius 1 is 0.277 bits per heavy atom. The van der Waals surface area contributed by atoms with Crippen molar-refractivity contribution in [1.82, 2.24) is 9.13 Å². The van der Waals surface area contributed by atoms with Crippen LogP contribution in [-0.2, 0) is 16.2 Å². The molecule has 0 fully saturated rings. The van der Waals surface area contributed by atoms with Gasteiger partial charge >= 0.3 is 0 Å². The Morgan fingerprint density at radius 3 is 0.891 bits per heavy atom. The third kappa shape index (κ3) is 10.2. The standard InChI is InChI=1S/C96H79BN4/c1-94(2,3)68-48-46-62(47-49-68)67-54-89-91-90(55-67)101(93-79(65-34-18-12-19-35-65)58-70(96(7,8)9)59-80(93)66-36-20-13-21-37-66)88-61-72(99-85-44-28-24-40-75(85)76-41-25-29-45-86(76)99)51-53-82(88)97(91)81-52-50-71(98-83-42-26-22-38-73(83)74-39-23-27-43-84(74)98)60-87(81)100(89)92-77(63-30-14-10-15-31-63)56-69(95(4,5)6)57-78(92)64-32-16-11-17-33-64/h10-61H,1-9H3/i22D,23D,24D,25D,26D,27D,28D,29D,38D,39D,40D,41D,42D,43D,44D,45D,50D,51D,52D,53D. The van der Waals surface area contributed by atoms with E-state index in [9.17, 15) is 21.9 Å². The molecule has 2 aliphatic rings. The molecule has 18 rings (SSSR count). The van der Waals surface area contributed by atoms with E-state index in [1.54, 1.807) is 12.1 Å². The molecule has 5 heteroatoms. The molecule has 0 amide bonds. The van der Waals surface area contributed by atoms with Crippen LogP contribution in [0, 0.1) is 0 Å². The zero-order valence-electron chi connectivity index (χ0n) is 77.3. The lowest BCUT2D eigenvalue weighted by atomic mass is 9.33. The Hall–Kier alpha value is -11.7. The van der Waals surface area contributed by atoms with Crippen molar-refractivity contribution in [3.63, 3.8) is 0 Å². The van der Waals surface area contributed by atoms with Gasteiger partial charge in [0.05, 0.1) is 60.9 Å². The van der Waals surface area contributed by atoms with Crippen LogP contribution in [0.25, 0.3) is 111 Å². The van der Waals surface area contributed by atoms with Crippen LogP contribution < -0.4 is 26.2 Å². The summed E-state index contributed by atoms with van der Waals surface area (Å²) in [4.78, 5) is 4.16. The van der Waals surface area contributed by atoms with Crippen molar-refractivity contribution in [2.75, 3.05) is 9.80 Å². The first-order chi connectivity index (χ1) is 57.3. The Kier molecular flexibility index (Phi) is 10.2. The summed E-state index contributed by atoms with van der Waals surface area (Å²) in [7, 11) is 0. The lowest BCUT2D eigenvalue weighted by molar-refractivity contribution is 0.590. The summed E-state index contributed by atoms with van der Waals surface area (Å²) in [5.41, 5.74) is 10.0. The van der Waals surface area contributed by atoms with Crippen LogP contribution in [0.2, 0.25) is 0 Å². The summed E-state index contributed by atoms with van der Waals surface area (Å²) >= 11 is 0. The molecule has 4 heterocycles. The second-order valence-corrected chi connectivity index (χ2v) is 29.4. The van der Waals surface area contributed by atoms with Crippen molar-refractivity contribution in [3.05, 3.63) is 332 Å². The average Bonchev–Trinajstić information content (AvgIpc) is 1.49. The fourth-order valence-electron chi connectivity index (χ4n) is 15.0. The maximum absolute atomic E-state index is 11.5. The maximum Gasteiger partial charge on any atom is 0.252 e. The molecule has 0 radical (unpaired) electrons. The van der Waals surface area contributed by atoms with Crippen molar-refractivity contribution >= 4 is 101 Å². The summed E-state index contributed by atoms with van der Waals surface area (Å²) in [6, 6.07) is 51.3. The second-order valence-electron chi connectivity index (χ2n) is 29.4. The van der Waals surface area contributed by atoms with Crippen molar-refractivity contribution in [1.29, 1.82) is 0 Å². The first-order valence-corrected chi connectivity index (χ1v) is 34.1. The smallest absolute Gasteiger partial charge is 0.252 e. The van der Waals surface area contributed by atoms with E-state index in [1.165, 1.54) is 9.13 Å². The van der Waals surface area contributed by atoms with Crippen LogP contribution in [0.3, 0.4) is 0 Å². The van der Waals surface area contributed by atoms with E-state index < -0.39 is 138 Å². The van der Waals surface area contributed by atoms with Crippen LogP contribution in [0.5, 0.6) is 0 Å². The molecule has 0 bridgehead atoms. The van der Waals surface area contributed by atoms with Gasteiger partial charge in [0.1, 0.15) is 0 Å². The zero-order chi connectivity index (χ0) is 86.0. The van der Waals surface area contributed by atoms with Gasteiger partial charge in [-0.1, -0.05) is 293 Å². The zero-order valence-corrected chi connectivity index (χ0v) is 57.3. The van der Waals surface area contributed by atoms with Gasteiger partial charge in [0.15, 0.2) is 0 Å². The minimum absolute atomic E-state index is 0.0866. The molecule has 4 nitrogen and oxygen atoms in total. The minimum Gasteiger partial charge on any atom is -0.310 e. The van der Waals surface area contributed by atoms with Crippen LogP contribution in [0.15, 0.2) is 315 Å². The summed E-state index contributed by atoms with van der Waals surface area (Å²) in [5, 5.41) is -1.02. The Bertz CT molecular complexity index is 6520. The molecular weight excluding hydrogens is 1220 g/mol. The number of fused-ring (bicyclic) bond motifs is 10. The van der Waals surface area contributed by atoms with Gasteiger partial charge in [-0.2, -0.15) is 0 Å². The highest BCUT2D eigenvalue weighted by Gasteiger charge is 2.46.